The van der Waals surface area contributed by atoms with E-state index in [9.17, 15) is 5.11 Å². The predicted octanol–water partition coefficient (Wildman–Crippen LogP) is 1.61. The van der Waals surface area contributed by atoms with E-state index in [0.717, 1.165) is 25.3 Å². The summed E-state index contributed by atoms with van der Waals surface area (Å²) >= 11 is 0. The molecule has 0 aromatic carbocycles. The van der Waals surface area contributed by atoms with Crippen molar-refractivity contribution in [3.63, 3.8) is 0 Å². The van der Waals surface area contributed by atoms with Crippen molar-refractivity contribution in [3.05, 3.63) is 0 Å². The van der Waals surface area contributed by atoms with Gasteiger partial charge in [-0.3, -0.25) is 0 Å². The fourth-order valence-electron chi connectivity index (χ4n) is 3.28. The third kappa shape index (κ3) is 4.23. The van der Waals surface area contributed by atoms with Gasteiger partial charge in [-0.25, -0.2) is 0 Å². The third-order valence-corrected chi connectivity index (χ3v) is 4.37. The van der Waals surface area contributed by atoms with E-state index in [1.165, 1.54) is 45.2 Å². The van der Waals surface area contributed by atoms with Gasteiger partial charge in [-0.1, -0.05) is 19.3 Å². The molecular weight excluding hydrogens is 212 g/mol. The van der Waals surface area contributed by atoms with Crippen molar-refractivity contribution in [3.8, 4) is 0 Å². The summed E-state index contributed by atoms with van der Waals surface area (Å²) in [6.45, 7) is 3.56. The molecule has 2 rings (SSSR count). The van der Waals surface area contributed by atoms with Gasteiger partial charge in [-0.15, -0.1) is 0 Å². The average molecular weight is 240 g/mol. The topological polar surface area (TPSA) is 35.5 Å². The highest BCUT2D eigenvalue weighted by atomic mass is 16.3. The molecule has 3 unspecified atom stereocenters. The SMILES string of the molecule is CN1CCCC(CNC2CCCCCC2O)C1. The van der Waals surface area contributed by atoms with E-state index in [1.807, 2.05) is 0 Å². The van der Waals surface area contributed by atoms with Gasteiger partial charge in [-0.2, -0.15) is 0 Å². The van der Waals surface area contributed by atoms with Crippen molar-refractivity contribution >= 4 is 0 Å². The zero-order chi connectivity index (χ0) is 12.1. The fourth-order valence-corrected chi connectivity index (χ4v) is 3.28. The first-order chi connectivity index (χ1) is 8.25. The van der Waals surface area contributed by atoms with Crippen LogP contribution in [0.5, 0.6) is 0 Å². The van der Waals surface area contributed by atoms with Gasteiger partial charge in [0.25, 0.3) is 0 Å². The molecule has 0 bridgehead atoms. The molecular formula is C14H28N2O. The minimum absolute atomic E-state index is 0.112. The molecule has 0 radical (unpaired) electrons. The lowest BCUT2D eigenvalue weighted by Gasteiger charge is -2.31. The van der Waals surface area contributed by atoms with Crippen molar-refractivity contribution in [2.75, 3.05) is 26.7 Å². The molecule has 0 aromatic heterocycles. The quantitative estimate of drug-likeness (QED) is 0.736. The monoisotopic (exact) mass is 240 g/mol. The van der Waals surface area contributed by atoms with Crippen LogP contribution in [0.1, 0.15) is 44.9 Å². The summed E-state index contributed by atoms with van der Waals surface area (Å²) in [4.78, 5) is 2.43. The second-order valence-corrected chi connectivity index (χ2v) is 5.99. The number of aliphatic hydroxyl groups is 1. The first kappa shape index (κ1) is 13.3. The van der Waals surface area contributed by atoms with Gasteiger partial charge in [0.2, 0.25) is 0 Å². The lowest BCUT2D eigenvalue weighted by atomic mass is 9.97. The van der Waals surface area contributed by atoms with E-state index in [0.29, 0.717) is 6.04 Å². The van der Waals surface area contributed by atoms with Crippen LogP contribution in [0, 0.1) is 5.92 Å². The normalized spacial score (nSPS) is 36.7. The molecule has 3 atom stereocenters. The fraction of sp³-hybridized carbons (Fsp3) is 1.00. The number of nitrogens with one attached hydrogen (secondary N) is 1. The largest absolute Gasteiger partial charge is 0.392 e. The first-order valence-electron chi connectivity index (χ1n) is 7.35. The lowest BCUT2D eigenvalue weighted by Crippen LogP contribution is -2.44. The second kappa shape index (κ2) is 6.72. The Hall–Kier alpha value is -0.120. The molecule has 100 valence electrons. The Kier molecular flexibility index (Phi) is 5.26. The minimum Gasteiger partial charge on any atom is -0.392 e. The molecule has 3 nitrogen and oxygen atoms in total. The van der Waals surface area contributed by atoms with E-state index in [-0.39, 0.29) is 6.10 Å². The van der Waals surface area contributed by atoms with E-state index in [1.54, 1.807) is 0 Å². The van der Waals surface area contributed by atoms with Gasteiger partial charge >= 0.3 is 0 Å². The molecule has 1 saturated heterocycles. The summed E-state index contributed by atoms with van der Waals surface area (Å²) < 4.78 is 0. The zero-order valence-corrected chi connectivity index (χ0v) is 11.2. The van der Waals surface area contributed by atoms with Crippen LogP contribution in [0.15, 0.2) is 0 Å². The zero-order valence-electron chi connectivity index (χ0n) is 11.2. The standard InChI is InChI=1S/C14H28N2O/c1-16-9-5-6-12(11-16)10-15-13-7-3-2-4-8-14(13)17/h12-15,17H,2-11H2,1H3. The Labute approximate surface area is 106 Å². The van der Waals surface area contributed by atoms with Crippen LogP contribution in [-0.2, 0) is 0 Å². The van der Waals surface area contributed by atoms with E-state index >= 15 is 0 Å². The molecule has 1 aliphatic carbocycles. The summed E-state index contributed by atoms with van der Waals surface area (Å²) in [5.74, 6) is 0.782. The van der Waals surface area contributed by atoms with Crippen LogP contribution in [-0.4, -0.2) is 48.8 Å². The van der Waals surface area contributed by atoms with Crippen LogP contribution >= 0.6 is 0 Å². The van der Waals surface area contributed by atoms with Crippen molar-refractivity contribution in [2.24, 2.45) is 5.92 Å². The van der Waals surface area contributed by atoms with E-state index < -0.39 is 0 Å². The molecule has 1 saturated carbocycles. The van der Waals surface area contributed by atoms with Gasteiger partial charge in [0, 0.05) is 12.6 Å². The molecule has 2 aliphatic rings. The van der Waals surface area contributed by atoms with Gasteiger partial charge in [0.15, 0.2) is 0 Å². The maximum atomic E-state index is 10.1. The Morgan fingerprint density at radius 2 is 1.94 bits per heavy atom. The van der Waals surface area contributed by atoms with Crippen LogP contribution in [0.4, 0.5) is 0 Å². The number of hydrogen-bond donors (Lipinski definition) is 2. The highest BCUT2D eigenvalue weighted by molar-refractivity contribution is 4.81. The smallest absolute Gasteiger partial charge is 0.0693 e. The van der Waals surface area contributed by atoms with Crippen LogP contribution in [0.2, 0.25) is 0 Å². The third-order valence-electron chi connectivity index (χ3n) is 4.37. The van der Waals surface area contributed by atoms with Crippen LogP contribution in [0.25, 0.3) is 0 Å². The molecule has 17 heavy (non-hydrogen) atoms. The number of rotatable bonds is 3. The Bertz CT molecular complexity index is 222. The Balaban J connectivity index is 1.72. The summed E-state index contributed by atoms with van der Waals surface area (Å²) in [6, 6.07) is 0.352. The van der Waals surface area contributed by atoms with Crippen molar-refractivity contribution < 1.29 is 5.11 Å². The molecule has 3 heteroatoms. The first-order valence-corrected chi connectivity index (χ1v) is 7.35. The molecule has 2 N–H and O–H groups in total. The summed E-state index contributed by atoms with van der Waals surface area (Å²) in [7, 11) is 2.21. The van der Waals surface area contributed by atoms with Gasteiger partial charge < -0.3 is 15.3 Å². The van der Waals surface area contributed by atoms with E-state index in [4.69, 9.17) is 0 Å². The van der Waals surface area contributed by atoms with Gasteiger partial charge in [0.1, 0.15) is 0 Å². The predicted molar refractivity (Wildman–Crippen MR) is 71.1 cm³/mol. The van der Waals surface area contributed by atoms with E-state index in [2.05, 4.69) is 17.3 Å². The summed E-state index contributed by atoms with van der Waals surface area (Å²) in [5.41, 5.74) is 0. The highest BCUT2D eigenvalue weighted by Crippen LogP contribution is 2.19. The number of hydrogen-bond acceptors (Lipinski definition) is 3. The molecule has 1 heterocycles. The Morgan fingerprint density at radius 1 is 1.12 bits per heavy atom. The summed E-state index contributed by atoms with van der Waals surface area (Å²) in [5, 5.41) is 13.7. The molecule has 0 amide bonds. The second-order valence-electron chi connectivity index (χ2n) is 5.99. The average Bonchev–Trinajstić information content (AvgIpc) is 2.52. The van der Waals surface area contributed by atoms with Crippen molar-refractivity contribution in [1.82, 2.24) is 10.2 Å². The molecule has 2 fully saturated rings. The summed E-state index contributed by atoms with van der Waals surface area (Å²) in [6.07, 6.45) is 8.48. The Morgan fingerprint density at radius 3 is 2.76 bits per heavy atom. The molecule has 1 aliphatic heterocycles. The van der Waals surface area contributed by atoms with Crippen molar-refractivity contribution in [1.29, 1.82) is 0 Å². The maximum Gasteiger partial charge on any atom is 0.0693 e. The number of aliphatic hydroxyl groups excluding tert-OH is 1. The molecule has 0 aromatic rings. The minimum atomic E-state index is -0.112. The number of nitrogens with zero attached hydrogens (tertiary/aromatic N) is 1. The van der Waals surface area contributed by atoms with Gasteiger partial charge in [0.05, 0.1) is 6.10 Å². The maximum absolute atomic E-state index is 10.1. The van der Waals surface area contributed by atoms with Crippen LogP contribution < -0.4 is 5.32 Å². The van der Waals surface area contributed by atoms with Crippen LogP contribution in [0.3, 0.4) is 0 Å². The molecule has 0 spiro atoms. The lowest BCUT2D eigenvalue weighted by molar-refractivity contribution is 0.112. The number of piperidine rings is 1. The van der Waals surface area contributed by atoms with Gasteiger partial charge in [-0.05, 0) is 51.7 Å². The number of likely N-dealkylation sites (tertiary alicyclic amines) is 1. The highest BCUT2D eigenvalue weighted by Gasteiger charge is 2.23. The van der Waals surface area contributed by atoms with Crippen molar-refractivity contribution in [2.45, 2.75) is 57.1 Å².